The van der Waals surface area contributed by atoms with E-state index in [1.807, 2.05) is 31.2 Å². The SMILES string of the molecule is CC(NCC(C)(C)S(C)(=O)=O)c1nc2ccccc2s1. The Morgan fingerprint density at radius 1 is 1.35 bits per heavy atom. The molecule has 0 saturated heterocycles. The molecule has 0 spiro atoms. The van der Waals surface area contributed by atoms with Crippen LogP contribution in [0, 0.1) is 0 Å². The van der Waals surface area contributed by atoms with Crippen LogP contribution in [0.1, 0.15) is 31.8 Å². The Hall–Kier alpha value is -0.980. The molecule has 1 N–H and O–H groups in total. The highest BCUT2D eigenvalue weighted by Crippen LogP contribution is 2.26. The van der Waals surface area contributed by atoms with E-state index in [2.05, 4.69) is 10.3 Å². The Bertz CT molecular complexity index is 672. The Labute approximate surface area is 124 Å². The Kier molecular flexibility index (Phi) is 4.18. The number of fused-ring (bicyclic) bond motifs is 1. The first-order valence-electron chi connectivity index (χ1n) is 6.49. The van der Waals surface area contributed by atoms with Gasteiger partial charge in [0.1, 0.15) is 5.01 Å². The van der Waals surface area contributed by atoms with Gasteiger partial charge in [0, 0.05) is 12.8 Å². The second-order valence-electron chi connectivity index (χ2n) is 5.65. The minimum Gasteiger partial charge on any atom is -0.307 e. The Morgan fingerprint density at radius 2 is 2.00 bits per heavy atom. The van der Waals surface area contributed by atoms with Crippen LogP contribution < -0.4 is 5.32 Å². The van der Waals surface area contributed by atoms with Crippen LogP contribution in [-0.2, 0) is 9.84 Å². The Morgan fingerprint density at radius 3 is 2.60 bits per heavy atom. The van der Waals surface area contributed by atoms with E-state index in [9.17, 15) is 8.42 Å². The number of thiazole rings is 1. The zero-order valence-electron chi connectivity index (χ0n) is 12.2. The summed E-state index contributed by atoms with van der Waals surface area (Å²) in [5, 5.41) is 4.26. The lowest BCUT2D eigenvalue weighted by atomic mass is 10.2. The van der Waals surface area contributed by atoms with Crippen molar-refractivity contribution in [3.05, 3.63) is 29.3 Å². The molecule has 0 aliphatic carbocycles. The summed E-state index contributed by atoms with van der Waals surface area (Å²) >= 11 is 1.64. The van der Waals surface area contributed by atoms with Crippen molar-refractivity contribution >= 4 is 31.4 Å². The van der Waals surface area contributed by atoms with Gasteiger partial charge in [-0.25, -0.2) is 13.4 Å². The maximum atomic E-state index is 11.7. The highest BCUT2D eigenvalue weighted by Gasteiger charge is 2.30. The molecule has 0 saturated carbocycles. The highest BCUT2D eigenvalue weighted by atomic mass is 32.2. The van der Waals surface area contributed by atoms with Crippen molar-refractivity contribution in [2.75, 3.05) is 12.8 Å². The minimum atomic E-state index is -3.08. The molecule has 1 atom stereocenters. The Balaban J connectivity index is 2.11. The standard InChI is InChI=1S/C14H20N2O2S2/c1-10(15-9-14(2,3)20(4,17)18)13-16-11-7-5-6-8-12(11)19-13/h5-8,10,15H,9H2,1-4H3. The number of hydrogen-bond acceptors (Lipinski definition) is 5. The first-order valence-corrected chi connectivity index (χ1v) is 9.20. The number of aromatic nitrogens is 1. The van der Waals surface area contributed by atoms with Crippen LogP contribution in [0.25, 0.3) is 10.2 Å². The van der Waals surface area contributed by atoms with Gasteiger partial charge in [0.25, 0.3) is 0 Å². The molecule has 0 fully saturated rings. The monoisotopic (exact) mass is 312 g/mol. The maximum Gasteiger partial charge on any atom is 0.153 e. The molecule has 0 bridgehead atoms. The number of hydrogen-bond donors (Lipinski definition) is 1. The van der Waals surface area contributed by atoms with Crippen molar-refractivity contribution < 1.29 is 8.42 Å². The number of benzene rings is 1. The molecule has 0 radical (unpaired) electrons. The molecule has 1 heterocycles. The summed E-state index contributed by atoms with van der Waals surface area (Å²) in [6.07, 6.45) is 1.27. The van der Waals surface area contributed by atoms with Gasteiger partial charge in [-0.05, 0) is 32.9 Å². The first kappa shape index (κ1) is 15.4. The van der Waals surface area contributed by atoms with Crippen molar-refractivity contribution in [1.82, 2.24) is 10.3 Å². The number of para-hydroxylation sites is 1. The molecule has 2 rings (SSSR count). The summed E-state index contributed by atoms with van der Waals surface area (Å²) in [6, 6.07) is 8.03. The molecule has 110 valence electrons. The van der Waals surface area contributed by atoms with E-state index >= 15 is 0 Å². The van der Waals surface area contributed by atoms with Crippen molar-refractivity contribution in [3.8, 4) is 0 Å². The average Bonchev–Trinajstić information content (AvgIpc) is 2.78. The lowest BCUT2D eigenvalue weighted by Crippen LogP contribution is -2.42. The molecule has 2 aromatic rings. The van der Waals surface area contributed by atoms with E-state index in [0.717, 1.165) is 15.2 Å². The summed E-state index contributed by atoms with van der Waals surface area (Å²) in [6.45, 7) is 5.89. The van der Waals surface area contributed by atoms with E-state index in [-0.39, 0.29) is 6.04 Å². The molecule has 1 aromatic carbocycles. The van der Waals surface area contributed by atoms with Crippen LogP contribution in [0.3, 0.4) is 0 Å². The second-order valence-corrected chi connectivity index (χ2v) is 9.37. The fourth-order valence-corrected chi connectivity index (χ4v) is 3.03. The second kappa shape index (κ2) is 5.42. The van der Waals surface area contributed by atoms with Crippen molar-refractivity contribution in [2.24, 2.45) is 0 Å². The lowest BCUT2D eigenvalue weighted by Gasteiger charge is -2.24. The molecular formula is C14H20N2O2S2. The van der Waals surface area contributed by atoms with Gasteiger partial charge in [0.15, 0.2) is 9.84 Å². The van der Waals surface area contributed by atoms with Crippen LogP contribution >= 0.6 is 11.3 Å². The summed E-state index contributed by atoms with van der Waals surface area (Å²) < 4.78 is 23.8. The van der Waals surface area contributed by atoms with Gasteiger partial charge in [-0.3, -0.25) is 0 Å². The molecular weight excluding hydrogens is 292 g/mol. The van der Waals surface area contributed by atoms with Gasteiger partial charge in [-0.1, -0.05) is 12.1 Å². The van der Waals surface area contributed by atoms with Gasteiger partial charge >= 0.3 is 0 Å². The maximum absolute atomic E-state index is 11.7. The van der Waals surface area contributed by atoms with E-state index in [4.69, 9.17) is 0 Å². The van der Waals surface area contributed by atoms with E-state index in [1.54, 1.807) is 25.2 Å². The van der Waals surface area contributed by atoms with E-state index in [1.165, 1.54) is 6.26 Å². The molecule has 0 aliphatic rings. The molecule has 0 amide bonds. The smallest absolute Gasteiger partial charge is 0.153 e. The molecule has 0 aliphatic heterocycles. The third-order valence-electron chi connectivity index (χ3n) is 3.52. The number of nitrogens with zero attached hydrogens (tertiary/aromatic N) is 1. The van der Waals surface area contributed by atoms with Gasteiger partial charge in [0.2, 0.25) is 0 Å². The summed E-state index contributed by atoms with van der Waals surface area (Å²) in [5.74, 6) is 0. The average molecular weight is 312 g/mol. The first-order chi connectivity index (χ1) is 9.21. The normalized spacial score (nSPS) is 14.6. The van der Waals surface area contributed by atoms with Gasteiger partial charge in [-0.2, -0.15) is 0 Å². The molecule has 1 aromatic heterocycles. The lowest BCUT2D eigenvalue weighted by molar-refractivity contribution is 0.488. The predicted octanol–water partition coefficient (Wildman–Crippen LogP) is 2.77. The zero-order valence-corrected chi connectivity index (χ0v) is 13.8. The van der Waals surface area contributed by atoms with Gasteiger partial charge < -0.3 is 5.32 Å². The summed E-state index contributed by atoms with van der Waals surface area (Å²) in [4.78, 5) is 4.58. The van der Waals surface area contributed by atoms with Gasteiger partial charge in [-0.15, -0.1) is 11.3 Å². The topological polar surface area (TPSA) is 59.1 Å². The molecule has 6 heteroatoms. The highest BCUT2D eigenvalue weighted by molar-refractivity contribution is 7.92. The van der Waals surface area contributed by atoms with Crippen LogP contribution in [-0.4, -0.2) is 30.9 Å². The van der Waals surface area contributed by atoms with Crippen molar-refractivity contribution in [2.45, 2.75) is 31.6 Å². The zero-order chi connectivity index (χ0) is 15.0. The van der Waals surface area contributed by atoms with Crippen molar-refractivity contribution in [3.63, 3.8) is 0 Å². The fourth-order valence-electron chi connectivity index (χ4n) is 1.69. The third kappa shape index (κ3) is 3.19. The number of nitrogens with one attached hydrogen (secondary N) is 1. The quantitative estimate of drug-likeness (QED) is 0.922. The van der Waals surface area contributed by atoms with Crippen molar-refractivity contribution in [1.29, 1.82) is 0 Å². The number of sulfone groups is 1. The molecule has 4 nitrogen and oxygen atoms in total. The minimum absolute atomic E-state index is 0.0356. The molecule has 1 unspecified atom stereocenters. The van der Waals surface area contributed by atoms with Crippen LogP contribution in [0.15, 0.2) is 24.3 Å². The van der Waals surface area contributed by atoms with E-state index < -0.39 is 14.6 Å². The van der Waals surface area contributed by atoms with E-state index in [0.29, 0.717) is 6.54 Å². The van der Waals surface area contributed by atoms with Gasteiger partial charge in [0.05, 0.1) is 21.0 Å². The largest absolute Gasteiger partial charge is 0.307 e. The molecule has 20 heavy (non-hydrogen) atoms. The predicted molar refractivity (Wildman–Crippen MR) is 85.0 cm³/mol. The summed E-state index contributed by atoms with van der Waals surface area (Å²) in [7, 11) is -3.08. The third-order valence-corrected chi connectivity index (χ3v) is 6.89. The fraction of sp³-hybridized carbons (Fsp3) is 0.500. The van der Waals surface area contributed by atoms with Crippen LogP contribution in [0.5, 0.6) is 0 Å². The number of rotatable bonds is 5. The summed E-state index contributed by atoms with van der Waals surface area (Å²) in [5.41, 5.74) is 0.989. The van der Waals surface area contributed by atoms with Crippen LogP contribution in [0.2, 0.25) is 0 Å². The van der Waals surface area contributed by atoms with Crippen LogP contribution in [0.4, 0.5) is 0 Å².